The van der Waals surface area contributed by atoms with E-state index in [1.165, 1.54) is 0 Å². The van der Waals surface area contributed by atoms with Crippen LogP contribution in [-0.4, -0.2) is 36.9 Å². The molecule has 124 valence electrons. The molecular weight excluding hydrogens is 397 g/mol. The van der Waals surface area contributed by atoms with E-state index in [4.69, 9.17) is 14.2 Å². The highest BCUT2D eigenvalue weighted by atomic mass is 127. The van der Waals surface area contributed by atoms with Gasteiger partial charge >= 0.3 is 0 Å². The fourth-order valence-corrected chi connectivity index (χ4v) is 1.83. The summed E-state index contributed by atoms with van der Waals surface area (Å²) in [5, 5.41) is 12.9. The zero-order valence-corrected chi connectivity index (χ0v) is 15.3. The van der Waals surface area contributed by atoms with Gasteiger partial charge in [0.05, 0.1) is 6.61 Å². The smallest absolute Gasteiger partial charge is 0.189 e. The van der Waals surface area contributed by atoms with Gasteiger partial charge in [-0.05, 0) is 49.1 Å². The highest BCUT2D eigenvalue weighted by molar-refractivity contribution is 14.1. The molecule has 0 fully saturated rings. The van der Waals surface area contributed by atoms with Crippen LogP contribution in [0.1, 0.15) is 20.8 Å². The van der Waals surface area contributed by atoms with Crippen molar-refractivity contribution in [3.05, 3.63) is 34.4 Å². The zero-order chi connectivity index (χ0) is 16.4. The normalized spacial score (nSPS) is 14.3. The largest absolute Gasteiger partial charge is 0.473 e. The average Bonchev–Trinajstić information content (AvgIpc) is 2.47. The van der Waals surface area contributed by atoms with Gasteiger partial charge in [-0.3, -0.25) is 5.32 Å². The van der Waals surface area contributed by atoms with E-state index in [-0.39, 0.29) is 12.8 Å². The van der Waals surface area contributed by atoms with Gasteiger partial charge in [-0.15, -0.1) is 0 Å². The van der Waals surface area contributed by atoms with E-state index in [0.717, 1.165) is 0 Å². The summed E-state index contributed by atoms with van der Waals surface area (Å²) in [5.74, 6) is 1.37. The standard InChI is InChI=1S/C16H24INO4/c1-12(2)18-16(13(3)19)22-15-7-5-14(6-8-15)21-11-20-10-4-9-17/h4-9,12-13,16,18-19H,10-11H2,1-3H3. The summed E-state index contributed by atoms with van der Waals surface area (Å²) in [6.07, 6.45) is 0.839. The topological polar surface area (TPSA) is 60.0 Å². The van der Waals surface area contributed by atoms with Crippen molar-refractivity contribution in [2.24, 2.45) is 0 Å². The highest BCUT2D eigenvalue weighted by Gasteiger charge is 2.17. The Morgan fingerprint density at radius 1 is 1.18 bits per heavy atom. The van der Waals surface area contributed by atoms with E-state index in [1.807, 2.05) is 24.0 Å². The molecule has 0 aliphatic heterocycles. The molecule has 6 heteroatoms. The van der Waals surface area contributed by atoms with Crippen LogP contribution in [0, 0.1) is 0 Å². The number of hydrogen-bond donors (Lipinski definition) is 2. The Hall–Kier alpha value is -0.830. The Kier molecular flexibility index (Phi) is 9.45. The summed E-state index contributed by atoms with van der Waals surface area (Å²) >= 11 is 2.14. The average molecular weight is 421 g/mol. The molecule has 0 aliphatic rings. The van der Waals surface area contributed by atoms with Gasteiger partial charge < -0.3 is 19.3 Å². The minimum absolute atomic E-state index is 0.201. The fourth-order valence-electron chi connectivity index (χ4n) is 1.62. The SMILES string of the molecule is CC(C)NC(Oc1ccc(OCOCC=CI)cc1)C(C)O. The summed E-state index contributed by atoms with van der Waals surface area (Å²) in [6.45, 7) is 6.43. The molecule has 22 heavy (non-hydrogen) atoms. The molecule has 0 spiro atoms. The molecule has 0 bridgehead atoms. The molecule has 0 saturated heterocycles. The molecule has 5 nitrogen and oxygen atoms in total. The molecule has 2 N–H and O–H groups in total. The van der Waals surface area contributed by atoms with E-state index in [2.05, 4.69) is 27.9 Å². The molecule has 0 saturated carbocycles. The number of hydrogen-bond acceptors (Lipinski definition) is 5. The van der Waals surface area contributed by atoms with Gasteiger partial charge in [-0.25, -0.2) is 0 Å². The fraction of sp³-hybridized carbons (Fsp3) is 0.500. The first-order chi connectivity index (χ1) is 10.5. The van der Waals surface area contributed by atoms with E-state index < -0.39 is 12.3 Å². The summed E-state index contributed by atoms with van der Waals surface area (Å²) in [7, 11) is 0. The lowest BCUT2D eigenvalue weighted by Crippen LogP contribution is -2.46. The lowest BCUT2D eigenvalue weighted by molar-refractivity contribution is 0.0213. The lowest BCUT2D eigenvalue weighted by atomic mass is 10.3. The first-order valence-corrected chi connectivity index (χ1v) is 8.44. The molecule has 1 rings (SSSR count). The van der Waals surface area contributed by atoms with Crippen molar-refractivity contribution in [1.29, 1.82) is 0 Å². The summed E-state index contributed by atoms with van der Waals surface area (Å²) in [4.78, 5) is 0. The third kappa shape index (κ3) is 7.98. The maximum Gasteiger partial charge on any atom is 0.189 e. The minimum Gasteiger partial charge on any atom is -0.473 e. The monoisotopic (exact) mass is 421 g/mol. The van der Waals surface area contributed by atoms with Crippen molar-refractivity contribution < 1.29 is 19.3 Å². The number of nitrogens with one attached hydrogen (secondary N) is 1. The predicted molar refractivity (Wildman–Crippen MR) is 95.4 cm³/mol. The molecule has 0 aromatic heterocycles. The van der Waals surface area contributed by atoms with E-state index >= 15 is 0 Å². The Morgan fingerprint density at radius 3 is 2.36 bits per heavy atom. The third-order valence-electron chi connectivity index (χ3n) is 2.63. The molecule has 1 aromatic rings. The number of benzene rings is 1. The van der Waals surface area contributed by atoms with Gasteiger partial charge in [-0.2, -0.15) is 0 Å². The van der Waals surface area contributed by atoms with Gasteiger partial charge in [0.25, 0.3) is 0 Å². The zero-order valence-electron chi connectivity index (χ0n) is 13.2. The molecule has 0 amide bonds. The molecule has 0 aliphatic carbocycles. The van der Waals surface area contributed by atoms with Crippen molar-refractivity contribution in [3.63, 3.8) is 0 Å². The van der Waals surface area contributed by atoms with Gasteiger partial charge in [0.2, 0.25) is 0 Å². The number of aliphatic hydroxyl groups is 1. The van der Waals surface area contributed by atoms with Crippen LogP contribution in [0.15, 0.2) is 34.4 Å². The second-order valence-electron chi connectivity index (χ2n) is 5.07. The molecule has 1 aromatic carbocycles. The van der Waals surface area contributed by atoms with Gasteiger partial charge in [-0.1, -0.05) is 28.7 Å². The van der Waals surface area contributed by atoms with Crippen LogP contribution >= 0.6 is 22.6 Å². The number of aliphatic hydroxyl groups excluding tert-OH is 1. The van der Waals surface area contributed by atoms with Crippen LogP contribution in [0.3, 0.4) is 0 Å². The van der Waals surface area contributed by atoms with Gasteiger partial charge in [0, 0.05) is 6.04 Å². The van der Waals surface area contributed by atoms with Crippen LogP contribution in [0.4, 0.5) is 0 Å². The molecule has 0 heterocycles. The molecule has 2 unspecified atom stereocenters. The summed E-state index contributed by atoms with van der Waals surface area (Å²) < 4.78 is 18.3. The highest BCUT2D eigenvalue weighted by Crippen LogP contribution is 2.19. The number of ether oxygens (including phenoxy) is 3. The Bertz CT molecular complexity index is 434. The van der Waals surface area contributed by atoms with E-state index in [1.54, 1.807) is 31.2 Å². The maximum absolute atomic E-state index is 9.73. The van der Waals surface area contributed by atoms with Crippen LogP contribution in [0.2, 0.25) is 0 Å². The predicted octanol–water partition coefficient (Wildman–Crippen LogP) is 3.07. The van der Waals surface area contributed by atoms with Crippen LogP contribution in [0.5, 0.6) is 11.5 Å². The minimum atomic E-state index is -0.613. The van der Waals surface area contributed by atoms with E-state index in [0.29, 0.717) is 18.1 Å². The van der Waals surface area contributed by atoms with Crippen LogP contribution < -0.4 is 14.8 Å². The second-order valence-corrected chi connectivity index (χ2v) is 5.79. The first-order valence-electron chi connectivity index (χ1n) is 7.19. The van der Waals surface area contributed by atoms with Crippen molar-refractivity contribution >= 4 is 22.6 Å². The van der Waals surface area contributed by atoms with Crippen molar-refractivity contribution in [3.8, 4) is 11.5 Å². The third-order valence-corrected chi connectivity index (χ3v) is 3.14. The van der Waals surface area contributed by atoms with Crippen LogP contribution in [-0.2, 0) is 4.74 Å². The van der Waals surface area contributed by atoms with Crippen molar-refractivity contribution in [2.75, 3.05) is 13.4 Å². The van der Waals surface area contributed by atoms with Gasteiger partial charge in [0.15, 0.2) is 13.0 Å². The van der Waals surface area contributed by atoms with Gasteiger partial charge in [0.1, 0.15) is 17.6 Å². The Balaban J connectivity index is 2.46. The molecule has 2 atom stereocenters. The Morgan fingerprint density at radius 2 is 1.82 bits per heavy atom. The quantitative estimate of drug-likeness (QED) is 0.346. The lowest BCUT2D eigenvalue weighted by Gasteiger charge is -2.25. The maximum atomic E-state index is 9.73. The Labute approximate surface area is 145 Å². The van der Waals surface area contributed by atoms with Crippen molar-refractivity contribution in [2.45, 2.75) is 39.1 Å². The summed E-state index contributed by atoms with van der Waals surface area (Å²) in [6, 6.07) is 7.44. The second kappa shape index (κ2) is 10.8. The first kappa shape index (κ1) is 19.2. The molecule has 0 radical (unpaired) electrons. The number of rotatable bonds is 10. The summed E-state index contributed by atoms with van der Waals surface area (Å²) in [5.41, 5.74) is 0. The number of halogens is 1. The van der Waals surface area contributed by atoms with Crippen LogP contribution in [0.25, 0.3) is 0 Å². The van der Waals surface area contributed by atoms with Crippen molar-refractivity contribution in [1.82, 2.24) is 5.32 Å². The molecular formula is C16H24INO4. The van der Waals surface area contributed by atoms with E-state index in [9.17, 15) is 5.11 Å².